The molecule has 1 fully saturated rings. The van der Waals surface area contributed by atoms with Crippen LogP contribution >= 0.6 is 0 Å². The predicted molar refractivity (Wildman–Crippen MR) is 128 cm³/mol. The second kappa shape index (κ2) is 9.23. The van der Waals surface area contributed by atoms with Crippen LogP contribution in [0, 0.1) is 0 Å². The number of likely N-dealkylation sites (tertiary alicyclic amines) is 1. The number of carbonyl (C=O) groups excluding carboxylic acids is 1. The summed E-state index contributed by atoms with van der Waals surface area (Å²) in [6.45, 7) is 1.54. The van der Waals surface area contributed by atoms with E-state index in [4.69, 9.17) is 5.10 Å². The maximum absolute atomic E-state index is 12.8. The third kappa shape index (κ3) is 4.35. The van der Waals surface area contributed by atoms with Crippen LogP contribution in [0.2, 0.25) is 0 Å². The van der Waals surface area contributed by atoms with Crippen molar-refractivity contribution in [2.24, 2.45) is 0 Å². The van der Waals surface area contributed by atoms with Crippen LogP contribution in [0.3, 0.4) is 0 Å². The summed E-state index contributed by atoms with van der Waals surface area (Å²) >= 11 is 0. The SMILES string of the molecule is O=C(Cc1ccccc1)N1CCC(n2nc(-c3ccccc3)cc2-c2ccccc2)CC1. The lowest BCUT2D eigenvalue weighted by molar-refractivity contribution is -0.131. The van der Waals surface area contributed by atoms with Gasteiger partial charge in [0.2, 0.25) is 5.91 Å². The van der Waals surface area contributed by atoms with Crippen molar-refractivity contribution in [3.8, 4) is 22.5 Å². The zero-order valence-electron chi connectivity index (χ0n) is 18.1. The molecule has 1 aliphatic rings. The highest BCUT2D eigenvalue weighted by Gasteiger charge is 2.26. The number of amides is 1. The number of aromatic nitrogens is 2. The van der Waals surface area contributed by atoms with Gasteiger partial charge in [-0.25, -0.2) is 0 Å². The summed E-state index contributed by atoms with van der Waals surface area (Å²) in [5.74, 6) is 0.211. The number of rotatable bonds is 5. The Bertz CT molecular complexity index is 1160. The Kier molecular flexibility index (Phi) is 5.84. The van der Waals surface area contributed by atoms with E-state index in [1.54, 1.807) is 0 Å². The minimum Gasteiger partial charge on any atom is -0.342 e. The molecular formula is C28H27N3O. The predicted octanol–water partition coefficient (Wildman–Crippen LogP) is 5.62. The summed E-state index contributed by atoms with van der Waals surface area (Å²) < 4.78 is 2.19. The number of benzene rings is 3. The third-order valence-electron chi connectivity index (χ3n) is 6.24. The van der Waals surface area contributed by atoms with E-state index in [0.717, 1.165) is 48.4 Å². The molecule has 0 saturated carbocycles. The monoisotopic (exact) mass is 421 g/mol. The smallest absolute Gasteiger partial charge is 0.226 e. The number of hydrogen-bond donors (Lipinski definition) is 0. The molecule has 0 unspecified atom stereocenters. The molecule has 1 aliphatic heterocycles. The molecule has 0 bridgehead atoms. The Morgan fingerprint density at radius 1 is 0.781 bits per heavy atom. The van der Waals surface area contributed by atoms with E-state index in [9.17, 15) is 4.79 Å². The molecule has 2 heterocycles. The van der Waals surface area contributed by atoms with Crippen molar-refractivity contribution in [2.45, 2.75) is 25.3 Å². The maximum atomic E-state index is 12.8. The summed E-state index contributed by atoms with van der Waals surface area (Å²) in [5, 5.41) is 5.03. The molecule has 3 aromatic carbocycles. The van der Waals surface area contributed by atoms with Crippen LogP contribution in [0.4, 0.5) is 0 Å². The maximum Gasteiger partial charge on any atom is 0.226 e. The van der Waals surface area contributed by atoms with E-state index in [-0.39, 0.29) is 11.9 Å². The summed E-state index contributed by atoms with van der Waals surface area (Å²) in [7, 11) is 0. The van der Waals surface area contributed by atoms with Gasteiger partial charge in [-0.15, -0.1) is 0 Å². The van der Waals surface area contributed by atoms with Gasteiger partial charge in [0.15, 0.2) is 0 Å². The van der Waals surface area contributed by atoms with Crippen LogP contribution in [-0.2, 0) is 11.2 Å². The van der Waals surface area contributed by atoms with Gasteiger partial charge in [0.1, 0.15) is 0 Å². The first kappa shape index (κ1) is 20.3. The molecule has 0 atom stereocenters. The first-order valence-electron chi connectivity index (χ1n) is 11.3. The highest BCUT2D eigenvalue weighted by molar-refractivity contribution is 5.79. The van der Waals surface area contributed by atoms with Gasteiger partial charge in [-0.2, -0.15) is 5.10 Å². The highest BCUT2D eigenvalue weighted by Crippen LogP contribution is 2.32. The van der Waals surface area contributed by atoms with Gasteiger partial charge in [-0.3, -0.25) is 9.48 Å². The zero-order valence-corrected chi connectivity index (χ0v) is 18.1. The molecule has 0 radical (unpaired) electrons. The molecule has 5 rings (SSSR count). The molecule has 160 valence electrons. The Labute approximate surface area is 189 Å². The second-order valence-electron chi connectivity index (χ2n) is 8.37. The average Bonchev–Trinajstić information content (AvgIpc) is 3.31. The van der Waals surface area contributed by atoms with Crippen LogP contribution in [0.5, 0.6) is 0 Å². The first-order chi connectivity index (χ1) is 15.8. The Morgan fingerprint density at radius 2 is 1.34 bits per heavy atom. The highest BCUT2D eigenvalue weighted by atomic mass is 16.2. The van der Waals surface area contributed by atoms with Crippen LogP contribution in [-0.4, -0.2) is 33.7 Å². The quantitative estimate of drug-likeness (QED) is 0.419. The fourth-order valence-corrected chi connectivity index (χ4v) is 4.49. The summed E-state index contributed by atoms with van der Waals surface area (Å²) in [4.78, 5) is 14.8. The van der Waals surface area contributed by atoms with Crippen molar-refractivity contribution < 1.29 is 4.79 Å². The van der Waals surface area contributed by atoms with Gasteiger partial charge in [0.25, 0.3) is 0 Å². The van der Waals surface area contributed by atoms with Gasteiger partial charge in [0.05, 0.1) is 23.9 Å². The van der Waals surface area contributed by atoms with Crippen LogP contribution < -0.4 is 0 Å². The van der Waals surface area contributed by atoms with Crippen LogP contribution in [0.15, 0.2) is 97.1 Å². The van der Waals surface area contributed by atoms with E-state index in [2.05, 4.69) is 47.1 Å². The van der Waals surface area contributed by atoms with Crippen molar-refractivity contribution in [1.29, 1.82) is 0 Å². The van der Waals surface area contributed by atoms with Gasteiger partial charge in [-0.05, 0) is 30.0 Å². The lowest BCUT2D eigenvalue weighted by Gasteiger charge is -2.33. The van der Waals surface area contributed by atoms with E-state index < -0.39 is 0 Å². The molecule has 0 aliphatic carbocycles. The van der Waals surface area contributed by atoms with Crippen molar-refractivity contribution in [3.05, 3.63) is 103 Å². The Balaban J connectivity index is 1.36. The molecule has 4 heteroatoms. The lowest BCUT2D eigenvalue weighted by atomic mass is 10.0. The number of carbonyl (C=O) groups is 1. The van der Waals surface area contributed by atoms with Gasteiger partial charge in [-0.1, -0.05) is 91.0 Å². The average molecular weight is 422 g/mol. The number of nitrogens with zero attached hydrogens (tertiary/aromatic N) is 3. The molecule has 1 saturated heterocycles. The molecule has 1 aromatic heterocycles. The normalized spacial score (nSPS) is 14.4. The van der Waals surface area contributed by atoms with Crippen molar-refractivity contribution in [2.75, 3.05) is 13.1 Å². The second-order valence-corrected chi connectivity index (χ2v) is 8.37. The summed E-state index contributed by atoms with van der Waals surface area (Å²) in [6.07, 6.45) is 2.30. The van der Waals surface area contributed by atoms with E-state index in [1.165, 1.54) is 5.56 Å². The van der Waals surface area contributed by atoms with Gasteiger partial charge >= 0.3 is 0 Å². The molecule has 1 amide bonds. The zero-order chi connectivity index (χ0) is 21.8. The minimum atomic E-state index is 0.211. The first-order valence-corrected chi connectivity index (χ1v) is 11.3. The summed E-state index contributed by atoms with van der Waals surface area (Å²) in [6, 6.07) is 33.3. The van der Waals surface area contributed by atoms with Crippen molar-refractivity contribution in [1.82, 2.24) is 14.7 Å². The standard InChI is InChI=1S/C28H27N3O/c32-28(20-22-10-4-1-5-11-22)30-18-16-25(17-19-30)31-27(24-14-8-3-9-15-24)21-26(29-31)23-12-6-2-7-13-23/h1-15,21,25H,16-20H2. The van der Waals surface area contributed by atoms with Crippen LogP contribution in [0.25, 0.3) is 22.5 Å². The molecule has 0 N–H and O–H groups in total. The van der Waals surface area contributed by atoms with E-state index >= 15 is 0 Å². The Morgan fingerprint density at radius 3 is 1.97 bits per heavy atom. The van der Waals surface area contributed by atoms with Gasteiger partial charge in [0, 0.05) is 18.7 Å². The molecule has 32 heavy (non-hydrogen) atoms. The number of piperidine rings is 1. The molecule has 4 nitrogen and oxygen atoms in total. The lowest BCUT2D eigenvalue weighted by Crippen LogP contribution is -2.40. The molecule has 4 aromatic rings. The topological polar surface area (TPSA) is 38.1 Å². The van der Waals surface area contributed by atoms with Crippen molar-refractivity contribution >= 4 is 5.91 Å². The van der Waals surface area contributed by atoms with E-state index in [0.29, 0.717) is 6.42 Å². The van der Waals surface area contributed by atoms with Gasteiger partial charge < -0.3 is 4.90 Å². The summed E-state index contributed by atoms with van der Waals surface area (Å²) in [5.41, 5.74) is 5.50. The van der Waals surface area contributed by atoms with Crippen molar-refractivity contribution in [3.63, 3.8) is 0 Å². The largest absolute Gasteiger partial charge is 0.342 e. The molecule has 0 spiro atoms. The molecular weight excluding hydrogens is 394 g/mol. The van der Waals surface area contributed by atoms with E-state index in [1.807, 2.05) is 59.5 Å². The Hall–Kier alpha value is -3.66. The fraction of sp³-hybridized carbons (Fsp3) is 0.214. The minimum absolute atomic E-state index is 0.211. The van der Waals surface area contributed by atoms with Crippen LogP contribution in [0.1, 0.15) is 24.4 Å². The number of hydrogen-bond acceptors (Lipinski definition) is 2. The third-order valence-corrected chi connectivity index (χ3v) is 6.24. The fourth-order valence-electron chi connectivity index (χ4n) is 4.49.